The van der Waals surface area contributed by atoms with Gasteiger partial charge < -0.3 is 5.32 Å². The molecule has 0 unspecified atom stereocenters. The second kappa shape index (κ2) is 3.39. The van der Waals surface area contributed by atoms with E-state index in [1.807, 2.05) is 13.0 Å². The molecule has 1 saturated heterocycles. The van der Waals surface area contributed by atoms with E-state index in [1.54, 1.807) is 12.2 Å². The van der Waals surface area contributed by atoms with Gasteiger partial charge in [-0.05, 0) is 24.8 Å². The van der Waals surface area contributed by atoms with Gasteiger partial charge in [-0.15, -0.1) is 0 Å². The molecular formula is C7H8N2OS. The van der Waals surface area contributed by atoms with E-state index in [9.17, 15) is 4.79 Å². The van der Waals surface area contributed by atoms with Gasteiger partial charge in [0, 0.05) is 0 Å². The van der Waals surface area contributed by atoms with E-state index >= 15 is 0 Å². The number of hydrogen-bond acceptors (Lipinski definition) is 3. The van der Waals surface area contributed by atoms with Gasteiger partial charge in [0.15, 0.2) is 5.17 Å². The highest BCUT2D eigenvalue weighted by Crippen LogP contribution is 2.21. The molecule has 1 rings (SSSR count). The zero-order chi connectivity index (χ0) is 8.27. The minimum absolute atomic E-state index is 0.182. The fraction of sp³-hybridized carbons (Fsp3) is 0.143. The summed E-state index contributed by atoms with van der Waals surface area (Å²) >= 11 is 1.15. The molecule has 58 valence electrons. The van der Waals surface area contributed by atoms with Crippen LogP contribution in [0.2, 0.25) is 0 Å². The third-order valence-electron chi connectivity index (χ3n) is 1.10. The third kappa shape index (κ3) is 1.94. The highest BCUT2D eigenvalue weighted by molar-refractivity contribution is 8.18. The van der Waals surface area contributed by atoms with E-state index in [2.05, 4.69) is 5.32 Å². The molecular weight excluding hydrogens is 160 g/mol. The van der Waals surface area contributed by atoms with Crippen molar-refractivity contribution < 1.29 is 4.79 Å². The number of nitrogens with one attached hydrogen (secondary N) is 2. The van der Waals surface area contributed by atoms with Crippen LogP contribution in [0.3, 0.4) is 0 Å². The second-order valence-corrected chi connectivity index (χ2v) is 2.99. The van der Waals surface area contributed by atoms with Crippen LogP contribution in [0.1, 0.15) is 6.92 Å². The molecule has 1 fully saturated rings. The molecule has 2 N–H and O–H groups in total. The van der Waals surface area contributed by atoms with Crippen molar-refractivity contribution in [1.29, 1.82) is 5.41 Å². The van der Waals surface area contributed by atoms with Gasteiger partial charge in [-0.2, -0.15) is 0 Å². The summed E-state index contributed by atoms with van der Waals surface area (Å²) in [5.41, 5.74) is 0. The minimum Gasteiger partial charge on any atom is -0.301 e. The van der Waals surface area contributed by atoms with Crippen LogP contribution >= 0.6 is 11.8 Å². The minimum atomic E-state index is -0.182. The average Bonchev–Trinajstić information content (AvgIpc) is 2.26. The van der Waals surface area contributed by atoms with E-state index in [4.69, 9.17) is 5.41 Å². The Bertz CT molecular complexity index is 255. The highest BCUT2D eigenvalue weighted by atomic mass is 32.2. The number of carbonyl (C=O) groups excluding carboxylic acids is 1. The van der Waals surface area contributed by atoms with Crippen molar-refractivity contribution in [2.45, 2.75) is 6.92 Å². The summed E-state index contributed by atoms with van der Waals surface area (Å²) in [7, 11) is 0. The normalized spacial score (nSPS) is 21.7. The maximum absolute atomic E-state index is 10.9. The Morgan fingerprint density at radius 1 is 1.64 bits per heavy atom. The average molecular weight is 168 g/mol. The molecule has 4 heteroatoms. The van der Waals surface area contributed by atoms with Crippen molar-refractivity contribution >= 4 is 22.8 Å². The molecule has 0 bridgehead atoms. The smallest absolute Gasteiger partial charge is 0.264 e. The zero-order valence-electron chi connectivity index (χ0n) is 6.05. The van der Waals surface area contributed by atoms with Crippen molar-refractivity contribution in [2.24, 2.45) is 0 Å². The summed E-state index contributed by atoms with van der Waals surface area (Å²) in [5.74, 6) is -0.182. The summed E-state index contributed by atoms with van der Waals surface area (Å²) < 4.78 is 0. The molecule has 0 spiro atoms. The Labute approximate surface area is 69.1 Å². The molecule has 1 amide bonds. The molecule has 1 heterocycles. The van der Waals surface area contributed by atoms with Gasteiger partial charge >= 0.3 is 0 Å². The first-order chi connectivity index (χ1) is 5.24. The van der Waals surface area contributed by atoms with Crippen LogP contribution in [0.25, 0.3) is 0 Å². The summed E-state index contributed by atoms with van der Waals surface area (Å²) in [6.07, 6.45) is 5.31. The van der Waals surface area contributed by atoms with Crippen LogP contribution in [0, 0.1) is 5.41 Å². The number of rotatable bonds is 1. The molecule has 0 aromatic rings. The molecule has 0 atom stereocenters. The molecule has 0 aromatic carbocycles. The van der Waals surface area contributed by atoms with E-state index in [0.29, 0.717) is 4.91 Å². The number of hydrogen-bond donors (Lipinski definition) is 2. The predicted octanol–water partition coefficient (Wildman–Crippen LogP) is 1.24. The van der Waals surface area contributed by atoms with Crippen molar-refractivity contribution in [3.63, 3.8) is 0 Å². The van der Waals surface area contributed by atoms with Crippen LogP contribution in [-0.4, -0.2) is 11.1 Å². The highest BCUT2D eigenvalue weighted by Gasteiger charge is 2.20. The molecule has 1 aliphatic rings. The van der Waals surface area contributed by atoms with Crippen molar-refractivity contribution in [2.75, 3.05) is 0 Å². The van der Waals surface area contributed by atoms with Gasteiger partial charge in [0.2, 0.25) is 0 Å². The van der Waals surface area contributed by atoms with Gasteiger partial charge in [0.05, 0.1) is 4.91 Å². The van der Waals surface area contributed by atoms with Crippen molar-refractivity contribution in [3.05, 3.63) is 23.1 Å². The topological polar surface area (TPSA) is 53.0 Å². The Hall–Kier alpha value is -1.03. The number of amides is 1. The first-order valence-corrected chi connectivity index (χ1v) is 3.96. The molecule has 0 radical (unpaired) electrons. The fourth-order valence-corrected chi connectivity index (χ4v) is 1.29. The third-order valence-corrected chi connectivity index (χ3v) is 1.95. The molecule has 11 heavy (non-hydrogen) atoms. The predicted molar refractivity (Wildman–Crippen MR) is 46.4 cm³/mol. The molecule has 3 nitrogen and oxygen atoms in total. The number of allylic oxidation sites excluding steroid dienone is 3. The van der Waals surface area contributed by atoms with E-state index in [0.717, 1.165) is 11.8 Å². The van der Waals surface area contributed by atoms with E-state index < -0.39 is 0 Å². The maximum Gasteiger partial charge on any atom is 0.264 e. The lowest BCUT2D eigenvalue weighted by atomic mass is 10.4. The van der Waals surface area contributed by atoms with Crippen molar-refractivity contribution in [1.82, 2.24) is 5.32 Å². The number of carbonyl (C=O) groups is 1. The quantitative estimate of drug-likeness (QED) is 0.579. The van der Waals surface area contributed by atoms with E-state index in [1.165, 1.54) is 0 Å². The lowest BCUT2D eigenvalue weighted by Crippen LogP contribution is -2.18. The second-order valence-electron chi connectivity index (χ2n) is 1.94. The Kier molecular flexibility index (Phi) is 2.48. The summed E-state index contributed by atoms with van der Waals surface area (Å²) in [6, 6.07) is 0. The fourth-order valence-electron chi connectivity index (χ4n) is 0.640. The van der Waals surface area contributed by atoms with Crippen molar-refractivity contribution in [3.8, 4) is 0 Å². The summed E-state index contributed by atoms with van der Waals surface area (Å²) in [6.45, 7) is 1.87. The molecule has 0 aliphatic carbocycles. The Morgan fingerprint density at radius 3 is 2.82 bits per heavy atom. The SMILES string of the molecule is C/C=C\C=C1/SC(=N)NC1=O. The molecule has 0 saturated carbocycles. The van der Waals surface area contributed by atoms with Crippen LogP contribution in [-0.2, 0) is 4.79 Å². The van der Waals surface area contributed by atoms with Gasteiger partial charge in [-0.3, -0.25) is 10.2 Å². The Morgan fingerprint density at radius 2 is 2.36 bits per heavy atom. The van der Waals surface area contributed by atoms with Crippen LogP contribution in [0.15, 0.2) is 23.1 Å². The van der Waals surface area contributed by atoms with Gasteiger partial charge in [0.25, 0.3) is 5.91 Å². The maximum atomic E-state index is 10.9. The number of amidine groups is 1. The van der Waals surface area contributed by atoms with Crippen LogP contribution < -0.4 is 5.32 Å². The van der Waals surface area contributed by atoms with Gasteiger partial charge in [-0.1, -0.05) is 12.2 Å². The largest absolute Gasteiger partial charge is 0.301 e. The summed E-state index contributed by atoms with van der Waals surface area (Å²) in [5, 5.41) is 9.69. The lowest BCUT2D eigenvalue weighted by Gasteiger charge is -1.84. The van der Waals surface area contributed by atoms with Crippen LogP contribution in [0.4, 0.5) is 0 Å². The van der Waals surface area contributed by atoms with E-state index in [-0.39, 0.29) is 11.1 Å². The first kappa shape index (κ1) is 8.07. The summed E-state index contributed by atoms with van der Waals surface area (Å²) in [4.78, 5) is 11.5. The standard InChI is InChI=1S/C7H8N2OS/c1-2-3-4-5-6(10)9-7(8)11-5/h2-4H,1H3,(H2,8,9,10)/b3-2-,5-4-. The monoisotopic (exact) mass is 168 g/mol. The Balaban J connectivity index is 2.74. The molecule has 0 aromatic heterocycles. The first-order valence-electron chi connectivity index (χ1n) is 3.15. The van der Waals surface area contributed by atoms with Gasteiger partial charge in [-0.25, -0.2) is 0 Å². The van der Waals surface area contributed by atoms with Crippen LogP contribution in [0.5, 0.6) is 0 Å². The lowest BCUT2D eigenvalue weighted by molar-refractivity contribution is -0.115. The zero-order valence-corrected chi connectivity index (χ0v) is 6.87. The molecule has 1 aliphatic heterocycles. The number of thioether (sulfide) groups is 1. The van der Waals surface area contributed by atoms with Gasteiger partial charge in [0.1, 0.15) is 0 Å².